The highest BCUT2D eigenvalue weighted by molar-refractivity contribution is 7.25. The minimum atomic E-state index is 1.09. The molecule has 0 atom stereocenters. The van der Waals surface area contributed by atoms with Gasteiger partial charge in [-0.25, -0.2) is 0 Å². The van der Waals surface area contributed by atoms with Crippen LogP contribution in [-0.2, 0) is 0 Å². The molecule has 0 aliphatic rings. The van der Waals surface area contributed by atoms with Crippen molar-refractivity contribution in [3.63, 3.8) is 0 Å². The highest BCUT2D eigenvalue weighted by atomic mass is 32.1. The van der Waals surface area contributed by atoms with E-state index in [4.69, 9.17) is 0 Å². The van der Waals surface area contributed by atoms with Crippen molar-refractivity contribution in [1.29, 1.82) is 0 Å². The topological polar surface area (TPSA) is 17.0 Å². The second kappa shape index (κ2) is 7.22. The van der Waals surface area contributed by atoms with Crippen LogP contribution in [0.3, 0.4) is 0 Å². The molecule has 2 nitrogen and oxygen atoms in total. The normalized spacial score (nSPS) is 11.6. The molecule has 0 saturated heterocycles. The maximum Gasteiger partial charge on any atom is 0.0561 e. The van der Waals surface area contributed by atoms with Crippen LogP contribution >= 0.6 is 11.3 Å². The number of rotatable bonds is 3. The van der Waals surface area contributed by atoms with E-state index in [1.165, 1.54) is 47.7 Å². The van der Waals surface area contributed by atoms with E-state index < -0.39 is 0 Å². The molecular weight excluding hydrogens is 420 g/mol. The Labute approximate surface area is 195 Å². The standard InChI is InChI=1S/C30H20N2S/c1-2-8-22(9-3-1)32-27-12-6-4-10-23(27)24-16-14-20(18-28(24)32)31-21-15-17-26-25-11-5-7-13-29(25)33-30(26)19-21/h1-19,31H. The third-order valence-electron chi connectivity index (χ3n) is 6.36. The van der Waals surface area contributed by atoms with Gasteiger partial charge in [0.15, 0.2) is 0 Å². The van der Waals surface area contributed by atoms with E-state index in [-0.39, 0.29) is 0 Å². The Morgan fingerprint density at radius 1 is 0.485 bits per heavy atom. The number of para-hydroxylation sites is 2. The molecule has 3 heteroatoms. The van der Waals surface area contributed by atoms with Crippen LogP contribution in [0.25, 0.3) is 47.7 Å². The van der Waals surface area contributed by atoms with Gasteiger partial charge in [-0.05, 0) is 48.5 Å². The quantitative estimate of drug-likeness (QED) is 0.290. The lowest BCUT2D eigenvalue weighted by Gasteiger charge is -2.10. The summed E-state index contributed by atoms with van der Waals surface area (Å²) in [6.45, 7) is 0. The van der Waals surface area contributed by atoms with Crippen molar-refractivity contribution in [1.82, 2.24) is 4.57 Å². The third-order valence-corrected chi connectivity index (χ3v) is 7.49. The summed E-state index contributed by atoms with van der Waals surface area (Å²) < 4.78 is 4.99. The zero-order valence-electron chi connectivity index (χ0n) is 17.8. The molecule has 0 aliphatic heterocycles. The molecule has 5 aromatic carbocycles. The average Bonchev–Trinajstić information content (AvgIpc) is 3.39. The molecule has 0 radical (unpaired) electrons. The maximum absolute atomic E-state index is 3.65. The second-order valence-corrected chi connectivity index (χ2v) is 9.44. The summed E-state index contributed by atoms with van der Waals surface area (Å²) in [5, 5.41) is 8.84. The molecule has 0 fully saturated rings. The number of aromatic nitrogens is 1. The second-order valence-electron chi connectivity index (χ2n) is 8.35. The molecule has 0 amide bonds. The van der Waals surface area contributed by atoms with E-state index in [1.54, 1.807) is 0 Å². The SMILES string of the molecule is c1ccc(-n2c3ccccc3c3ccc(Nc4ccc5c(c4)sc4ccccc45)cc32)cc1. The van der Waals surface area contributed by atoms with Gasteiger partial charge >= 0.3 is 0 Å². The van der Waals surface area contributed by atoms with Crippen LogP contribution in [-0.4, -0.2) is 4.57 Å². The van der Waals surface area contributed by atoms with E-state index >= 15 is 0 Å². The van der Waals surface area contributed by atoms with Gasteiger partial charge in [-0.3, -0.25) is 0 Å². The van der Waals surface area contributed by atoms with Gasteiger partial charge in [-0.1, -0.05) is 66.7 Å². The molecule has 1 N–H and O–H groups in total. The summed E-state index contributed by atoms with van der Waals surface area (Å²) in [4.78, 5) is 0. The fourth-order valence-electron chi connectivity index (χ4n) is 4.87. The van der Waals surface area contributed by atoms with E-state index in [0.29, 0.717) is 0 Å². The number of nitrogens with zero attached hydrogens (tertiary/aromatic N) is 1. The molecule has 156 valence electrons. The first kappa shape index (κ1) is 18.5. The first-order valence-electron chi connectivity index (χ1n) is 11.1. The van der Waals surface area contributed by atoms with E-state index in [1.807, 2.05) is 11.3 Å². The monoisotopic (exact) mass is 440 g/mol. The molecule has 0 bridgehead atoms. The highest BCUT2D eigenvalue weighted by Gasteiger charge is 2.13. The highest BCUT2D eigenvalue weighted by Crippen LogP contribution is 2.37. The molecular formula is C30H20N2S. The maximum atomic E-state index is 3.65. The van der Waals surface area contributed by atoms with Crippen LogP contribution < -0.4 is 5.32 Å². The Balaban J connectivity index is 1.37. The number of anilines is 2. The molecule has 0 unspecified atom stereocenters. The van der Waals surface area contributed by atoms with Crippen LogP contribution in [0.2, 0.25) is 0 Å². The Morgan fingerprint density at radius 2 is 1.12 bits per heavy atom. The molecule has 0 aliphatic carbocycles. The number of benzene rings is 5. The van der Waals surface area contributed by atoms with Crippen molar-refractivity contribution >= 4 is 64.7 Å². The molecule has 2 heterocycles. The fraction of sp³-hybridized carbons (Fsp3) is 0. The first-order chi connectivity index (χ1) is 16.3. The lowest BCUT2D eigenvalue weighted by Crippen LogP contribution is -1.94. The minimum Gasteiger partial charge on any atom is -0.355 e. The summed E-state index contributed by atoms with van der Waals surface area (Å²) >= 11 is 1.85. The lowest BCUT2D eigenvalue weighted by atomic mass is 10.1. The minimum absolute atomic E-state index is 1.09. The van der Waals surface area contributed by atoms with Gasteiger partial charge in [0.2, 0.25) is 0 Å². The summed E-state index contributed by atoms with van der Waals surface area (Å²) in [5.74, 6) is 0. The van der Waals surface area contributed by atoms with Gasteiger partial charge in [-0.15, -0.1) is 11.3 Å². The number of hydrogen-bond donors (Lipinski definition) is 1. The fourth-order valence-corrected chi connectivity index (χ4v) is 6.02. The Morgan fingerprint density at radius 3 is 2.00 bits per heavy atom. The molecule has 2 aromatic heterocycles. The van der Waals surface area contributed by atoms with Crippen LogP contribution in [0, 0.1) is 0 Å². The lowest BCUT2D eigenvalue weighted by molar-refractivity contribution is 1.18. The number of fused-ring (bicyclic) bond motifs is 6. The van der Waals surface area contributed by atoms with Crippen LogP contribution in [0.15, 0.2) is 115 Å². The summed E-state index contributed by atoms with van der Waals surface area (Å²) in [6, 6.07) is 41.2. The van der Waals surface area contributed by atoms with Gasteiger partial charge in [0.1, 0.15) is 0 Å². The third kappa shape index (κ3) is 2.94. The zero-order chi connectivity index (χ0) is 21.8. The van der Waals surface area contributed by atoms with Gasteiger partial charge in [0, 0.05) is 48.0 Å². The molecule has 7 aromatic rings. The predicted molar refractivity (Wildman–Crippen MR) is 143 cm³/mol. The van der Waals surface area contributed by atoms with E-state index in [9.17, 15) is 0 Å². The Hall–Kier alpha value is -4.08. The largest absolute Gasteiger partial charge is 0.355 e. The van der Waals surface area contributed by atoms with Gasteiger partial charge in [-0.2, -0.15) is 0 Å². The Kier molecular flexibility index (Phi) is 4.05. The van der Waals surface area contributed by atoms with Crippen molar-refractivity contribution in [2.45, 2.75) is 0 Å². The van der Waals surface area contributed by atoms with Gasteiger partial charge in [0.25, 0.3) is 0 Å². The van der Waals surface area contributed by atoms with Gasteiger partial charge in [0.05, 0.1) is 11.0 Å². The number of thiophene rings is 1. The summed E-state index contributed by atoms with van der Waals surface area (Å²) in [7, 11) is 0. The summed E-state index contributed by atoms with van der Waals surface area (Å²) in [6.07, 6.45) is 0. The number of hydrogen-bond acceptors (Lipinski definition) is 2. The summed E-state index contributed by atoms with van der Waals surface area (Å²) in [5.41, 5.74) is 5.80. The first-order valence-corrected chi connectivity index (χ1v) is 11.9. The molecule has 33 heavy (non-hydrogen) atoms. The smallest absolute Gasteiger partial charge is 0.0561 e. The van der Waals surface area contributed by atoms with Gasteiger partial charge < -0.3 is 9.88 Å². The van der Waals surface area contributed by atoms with Crippen molar-refractivity contribution in [3.05, 3.63) is 115 Å². The van der Waals surface area contributed by atoms with Crippen LogP contribution in [0.4, 0.5) is 11.4 Å². The van der Waals surface area contributed by atoms with E-state index in [2.05, 4.69) is 125 Å². The van der Waals surface area contributed by atoms with Crippen LogP contribution in [0.1, 0.15) is 0 Å². The van der Waals surface area contributed by atoms with Crippen molar-refractivity contribution in [2.24, 2.45) is 0 Å². The van der Waals surface area contributed by atoms with Crippen molar-refractivity contribution < 1.29 is 0 Å². The molecule has 0 saturated carbocycles. The van der Waals surface area contributed by atoms with E-state index in [0.717, 1.165) is 11.4 Å². The zero-order valence-corrected chi connectivity index (χ0v) is 18.6. The van der Waals surface area contributed by atoms with Crippen molar-refractivity contribution in [2.75, 3.05) is 5.32 Å². The van der Waals surface area contributed by atoms with Crippen molar-refractivity contribution in [3.8, 4) is 5.69 Å². The predicted octanol–water partition coefficient (Wildman–Crippen LogP) is 8.90. The Bertz CT molecular complexity index is 1790. The van der Waals surface area contributed by atoms with Crippen LogP contribution in [0.5, 0.6) is 0 Å². The molecule has 0 spiro atoms. The molecule has 7 rings (SSSR count). The average molecular weight is 441 g/mol. The number of nitrogens with one attached hydrogen (secondary N) is 1.